The first-order chi connectivity index (χ1) is 9.78. The molecule has 1 saturated carbocycles. The van der Waals surface area contributed by atoms with E-state index in [2.05, 4.69) is 17.6 Å². The lowest BCUT2D eigenvalue weighted by molar-refractivity contribution is -0.115. The number of amides is 1. The van der Waals surface area contributed by atoms with Crippen molar-refractivity contribution < 1.29 is 9.53 Å². The zero-order chi connectivity index (χ0) is 14.2. The summed E-state index contributed by atoms with van der Waals surface area (Å²) in [7, 11) is 0. The van der Waals surface area contributed by atoms with Crippen LogP contribution in [0.3, 0.4) is 0 Å². The predicted octanol–water partition coefficient (Wildman–Crippen LogP) is 2.80. The molecule has 0 spiro atoms. The Morgan fingerprint density at radius 2 is 2.25 bits per heavy atom. The molecular weight excluding hydrogens is 252 g/mol. The van der Waals surface area contributed by atoms with Crippen LogP contribution < -0.4 is 15.4 Å². The molecule has 4 heteroatoms. The molecule has 2 rings (SSSR count). The third kappa shape index (κ3) is 5.61. The summed E-state index contributed by atoms with van der Waals surface area (Å²) < 4.78 is 5.62. The monoisotopic (exact) mass is 276 g/mol. The van der Waals surface area contributed by atoms with Gasteiger partial charge in [-0.15, -0.1) is 0 Å². The zero-order valence-corrected chi connectivity index (χ0v) is 12.2. The van der Waals surface area contributed by atoms with E-state index >= 15 is 0 Å². The first-order valence-corrected chi connectivity index (χ1v) is 7.51. The van der Waals surface area contributed by atoms with Crippen LogP contribution in [0.15, 0.2) is 24.3 Å². The molecule has 1 aromatic carbocycles. The van der Waals surface area contributed by atoms with E-state index in [1.165, 1.54) is 12.8 Å². The molecule has 0 atom stereocenters. The van der Waals surface area contributed by atoms with E-state index in [9.17, 15) is 4.79 Å². The summed E-state index contributed by atoms with van der Waals surface area (Å²) >= 11 is 0. The number of hydrogen-bond donors (Lipinski definition) is 2. The Kier molecular flexibility index (Phi) is 5.87. The Morgan fingerprint density at radius 1 is 1.40 bits per heavy atom. The highest BCUT2D eigenvalue weighted by molar-refractivity contribution is 5.92. The Labute approximate surface area is 120 Å². The molecule has 0 unspecified atom stereocenters. The first kappa shape index (κ1) is 14.9. The number of unbranched alkanes of at least 4 members (excludes halogenated alkanes) is 1. The molecule has 0 aromatic heterocycles. The van der Waals surface area contributed by atoms with Crippen LogP contribution >= 0.6 is 0 Å². The number of nitrogens with one attached hydrogen (secondary N) is 2. The van der Waals surface area contributed by atoms with Gasteiger partial charge in [0.2, 0.25) is 5.91 Å². The van der Waals surface area contributed by atoms with Crippen LogP contribution in [0.1, 0.15) is 32.6 Å². The van der Waals surface area contributed by atoms with Crippen LogP contribution in [0.25, 0.3) is 0 Å². The van der Waals surface area contributed by atoms with Crippen molar-refractivity contribution in [3.8, 4) is 5.75 Å². The minimum Gasteiger partial charge on any atom is -0.494 e. The minimum absolute atomic E-state index is 0.00337. The van der Waals surface area contributed by atoms with Crippen LogP contribution in [0, 0.1) is 5.92 Å². The summed E-state index contributed by atoms with van der Waals surface area (Å²) in [6.07, 6.45) is 4.75. The lowest BCUT2D eigenvalue weighted by Gasteiger charge is -2.09. The highest BCUT2D eigenvalue weighted by Crippen LogP contribution is 2.27. The zero-order valence-electron chi connectivity index (χ0n) is 12.2. The van der Waals surface area contributed by atoms with Crippen LogP contribution in [-0.4, -0.2) is 25.6 Å². The number of carbonyl (C=O) groups is 1. The summed E-state index contributed by atoms with van der Waals surface area (Å²) in [6.45, 7) is 4.18. The minimum atomic E-state index is -0.00337. The van der Waals surface area contributed by atoms with Crippen LogP contribution in [0.2, 0.25) is 0 Å². The number of carbonyl (C=O) groups excluding carboxylic acids is 1. The predicted molar refractivity (Wildman–Crippen MR) is 81.1 cm³/mol. The van der Waals surface area contributed by atoms with Crippen molar-refractivity contribution in [3.63, 3.8) is 0 Å². The molecule has 0 aliphatic heterocycles. The van der Waals surface area contributed by atoms with Crippen molar-refractivity contribution in [3.05, 3.63) is 24.3 Å². The normalized spacial score (nSPS) is 14.1. The van der Waals surface area contributed by atoms with Gasteiger partial charge in [0.1, 0.15) is 5.75 Å². The van der Waals surface area contributed by atoms with Crippen molar-refractivity contribution in [2.45, 2.75) is 32.6 Å². The number of benzene rings is 1. The number of hydrogen-bond acceptors (Lipinski definition) is 3. The molecule has 1 aliphatic carbocycles. The molecule has 0 heterocycles. The van der Waals surface area contributed by atoms with Gasteiger partial charge >= 0.3 is 0 Å². The largest absolute Gasteiger partial charge is 0.494 e. The maximum absolute atomic E-state index is 11.8. The van der Waals surface area contributed by atoms with Crippen LogP contribution in [-0.2, 0) is 4.79 Å². The van der Waals surface area contributed by atoms with Gasteiger partial charge in [0.15, 0.2) is 0 Å². The number of anilines is 1. The van der Waals surface area contributed by atoms with E-state index in [1.54, 1.807) is 0 Å². The molecule has 0 bridgehead atoms. The molecule has 2 N–H and O–H groups in total. The fourth-order valence-corrected chi connectivity index (χ4v) is 1.91. The average molecular weight is 276 g/mol. The lowest BCUT2D eigenvalue weighted by atomic mass is 10.3. The standard InChI is InChI=1S/C16H24N2O2/c1-2-3-9-20-15-6-4-5-14(10-15)18-16(19)12-17-11-13-7-8-13/h4-6,10,13,17H,2-3,7-9,11-12H2,1H3,(H,18,19). The molecule has 4 nitrogen and oxygen atoms in total. The number of ether oxygens (including phenoxy) is 1. The van der Waals surface area contributed by atoms with Gasteiger partial charge in [-0.2, -0.15) is 0 Å². The maximum Gasteiger partial charge on any atom is 0.238 e. The van der Waals surface area contributed by atoms with Gasteiger partial charge in [-0.05, 0) is 43.9 Å². The molecule has 1 aromatic rings. The average Bonchev–Trinajstić information content (AvgIpc) is 3.24. The molecule has 1 amide bonds. The first-order valence-electron chi connectivity index (χ1n) is 7.51. The van der Waals surface area contributed by atoms with Crippen molar-refractivity contribution in [1.29, 1.82) is 0 Å². The maximum atomic E-state index is 11.8. The highest BCUT2D eigenvalue weighted by atomic mass is 16.5. The molecule has 0 radical (unpaired) electrons. The van der Waals surface area contributed by atoms with Gasteiger partial charge in [0.05, 0.1) is 13.2 Å². The van der Waals surface area contributed by atoms with E-state index in [0.29, 0.717) is 6.54 Å². The van der Waals surface area contributed by atoms with Gasteiger partial charge in [-0.25, -0.2) is 0 Å². The Bertz CT molecular complexity index is 430. The summed E-state index contributed by atoms with van der Waals surface area (Å²) in [5.74, 6) is 1.59. The van der Waals surface area contributed by atoms with E-state index in [4.69, 9.17) is 4.74 Å². The fraction of sp³-hybridized carbons (Fsp3) is 0.562. The van der Waals surface area contributed by atoms with Crippen molar-refractivity contribution in [1.82, 2.24) is 5.32 Å². The molecule has 1 aliphatic rings. The Balaban J connectivity index is 1.72. The van der Waals surface area contributed by atoms with E-state index in [0.717, 1.165) is 43.3 Å². The fourth-order valence-electron chi connectivity index (χ4n) is 1.91. The Morgan fingerprint density at radius 3 is 3.00 bits per heavy atom. The third-order valence-electron chi connectivity index (χ3n) is 3.30. The summed E-state index contributed by atoms with van der Waals surface area (Å²) in [5, 5.41) is 6.07. The van der Waals surface area contributed by atoms with Crippen molar-refractivity contribution >= 4 is 11.6 Å². The molecular formula is C16H24N2O2. The van der Waals surface area contributed by atoms with Crippen molar-refractivity contribution in [2.24, 2.45) is 5.92 Å². The van der Waals surface area contributed by atoms with Gasteiger partial charge in [0.25, 0.3) is 0 Å². The van der Waals surface area contributed by atoms with Gasteiger partial charge in [-0.1, -0.05) is 19.4 Å². The molecule has 20 heavy (non-hydrogen) atoms. The van der Waals surface area contributed by atoms with Crippen LogP contribution in [0.4, 0.5) is 5.69 Å². The van der Waals surface area contributed by atoms with E-state index < -0.39 is 0 Å². The third-order valence-corrected chi connectivity index (χ3v) is 3.30. The second kappa shape index (κ2) is 7.90. The second-order valence-electron chi connectivity index (χ2n) is 5.35. The van der Waals surface area contributed by atoms with Crippen LogP contribution in [0.5, 0.6) is 5.75 Å². The number of rotatable bonds is 9. The van der Waals surface area contributed by atoms with E-state index in [-0.39, 0.29) is 5.91 Å². The highest BCUT2D eigenvalue weighted by Gasteiger charge is 2.20. The summed E-state index contributed by atoms with van der Waals surface area (Å²) in [6, 6.07) is 7.56. The SMILES string of the molecule is CCCCOc1cccc(NC(=O)CNCC2CC2)c1. The molecule has 110 valence electrons. The quantitative estimate of drug-likeness (QED) is 0.682. The van der Waals surface area contributed by atoms with E-state index in [1.807, 2.05) is 24.3 Å². The summed E-state index contributed by atoms with van der Waals surface area (Å²) in [5.41, 5.74) is 0.789. The Hall–Kier alpha value is -1.55. The topological polar surface area (TPSA) is 50.4 Å². The van der Waals surface area contributed by atoms with Gasteiger partial charge in [-0.3, -0.25) is 4.79 Å². The van der Waals surface area contributed by atoms with Gasteiger partial charge < -0.3 is 15.4 Å². The van der Waals surface area contributed by atoms with Gasteiger partial charge in [0, 0.05) is 11.8 Å². The lowest BCUT2D eigenvalue weighted by Crippen LogP contribution is -2.29. The molecule has 1 fully saturated rings. The summed E-state index contributed by atoms with van der Waals surface area (Å²) in [4.78, 5) is 11.8. The van der Waals surface area contributed by atoms with Crippen molar-refractivity contribution in [2.75, 3.05) is 25.0 Å². The smallest absolute Gasteiger partial charge is 0.238 e. The molecule has 0 saturated heterocycles. The second-order valence-corrected chi connectivity index (χ2v) is 5.35.